The maximum absolute atomic E-state index is 12.2. The summed E-state index contributed by atoms with van der Waals surface area (Å²) in [7, 11) is 0. The van der Waals surface area contributed by atoms with Gasteiger partial charge in [-0.2, -0.15) is 0 Å². The molecule has 2 heterocycles. The van der Waals surface area contributed by atoms with Crippen molar-refractivity contribution in [3.8, 4) is 0 Å². The maximum atomic E-state index is 12.2. The van der Waals surface area contributed by atoms with Crippen LogP contribution in [0.15, 0.2) is 33.2 Å². The Labute approximate surface area is 112 Å². The molecule has 0 aliphatic carbocycles. The summed E-state index contributed by atoms with van der Waals surface area (Å²) in [5, 5.41) is 10.3. The summed E-state index contributed by atoms with van der Waals surface area (Å²) in [6.07, 6.45) is 0.223. The number of carbonyl (C=O) groups is 1. The minimum absolute atomic E-state index is 0.158. The van der Waals surface area contributed by atoms with Crippen molar-refractivity contribution in [1.29, 1.82) is 0 Å². The van der Waals surface area contributed by atoms with Gasteiger partial charge in [0.05, 0.1) is 10.6 Å². The van der Waals surface area contributed by atoms with E-state index >= 15 is 0 Å². The van der Waals surface area contributed by atoms with Crippen molar-refractivity contribution < 1.29 is 14.3 Å². The molecule has 0 unspecified atom stereocenters. The molecule has 5 heteroatoms. The molecule has 1 fully saturated rings. The van der Waals surface area contributed by atoms with Crippen LogP contribution in [-0.2, 0) is 0 Å². The number of nitrogens with zero attached hydrogens (tertiary/aromatic N) is 1. The number of carbonyl (C=O) groups excluding carboxylic acids is 1. The number of rotatable bonds is 1. The van der Waals surface area contributed by atoms with E-state index in [-0.39, 0.29) is 5.91 Å². The Morgan fingerprint density at radius 2 is 2.33 bits per heavy atom. The maximum Gasteiger partial charge on any atom is 0.289 e. The third kappa shape index (κ3) is 1.93. The molecule has 0 bridgehead atoms. The second-order valence-corrected chi connectivity index (χ2v) is 5.32. The normalized spacial score (nSPS) is 19.7. The van der Waals surface area contributed by atoms with Crippen LogP contribution in [-0.4, -0.2) is 35.1 Å². The zero-order chi connectivity index (χ0) is 12.7. The number of furan rings is 1. The largest absolute Gasteiger partial charge is 0.450 e. The molecule has 1 aromatic carbocycles. The minimum atomic E-state index is -0.412. The van der Waals surface area contributed by atoms with Crippen LogP contribution in [0.5, 0.6) is 0 Å². The number of hydrogen-bond donors (Lipinski definition) is 1. The highest BCUT2D eigenvalue weighted by atomic mass is 79.9. The quantitative estimate of drug-likeness (QED) is 0.880. The second-order valence-electron chi connectivity index (χ2n) is 4.46. The molecule has 1 aliphatic heterocycles. The van der Waals surface area contributed by atoms with E-state index in [9.17, 15) is 9.90 Å². The second kappa shape index (κ2) is 4.40. The summed E-state index contributed by atoms with van der Waals surface area (Å²) >= 11 is 3.39. The molecule has 3 rings (SSSR count). The highest BCUT2D eigenvalue weighted by Gasteiger charge is 2.27. The standard InChI is InChI=1S/C13H12BrNO3/c14-10-3-1-2-8-6-11(18-12(8)10)13(17)15-5-4-9(16)7-15/h1-3,6,9,16H,4-5,7H2/t9-/m1/s1. The van der Waals surface area contributed by atoms with Gasteiger partial charge in [0.15, 0.2) is 5.76 Å². The van der Waals surface area contributed by atoms with Crippen LogP contribution >= 0.6 is 15.9 Å². The van der Waals surface area contributed by atoms with Gasteiger partial charge in [-0.15, -0.1) is 0 Å². The van der Waals surface area contributed by atoms with Gasteiger partial charge in [0, 0.05) is 18.5 Å². The number of para-hydroxylation sites is 1. The first-order valence-electron chi connectivity index (χ1n) is 5.80. The van der Waals surface area contributed by atoms with Crippen LogP contribution in [0.4, 0.5) is 0 Å². The van der Waals surface area contributed by atoms with Crippen molar-refractivity contribution >= 4 is 32.8 Å². The summed E-state index contributed by atoms with van der Waals surface area (Å²) in [5.74, 6) is 0.167. The molecular formula is C13H12BrNO3. The van der Waals surface area contributed by atoms with Crippen molar-refractivity contribution in [2.45, 2.75) is 12.5 Å². The average Bonchev–Trinajstić information content (AvgIpc) is 2.95. The lowest BCUT2D eigenvalue weighted by Gasteiger charge is -2.12. The molecule has 1 N–H and O–H groups in total. The molecule has 1 atom stereocenters. The van der Waals surface area contributed by atoms with E-state index in [0.717, 1.165) is 9.86 Å². The van der Waals surface area contributed by atoms with Crippen LogP contribution < -0.4 is 0 Å². The molecule has 0 radical (unpaired) electrons. The number of likely N-dealkylation sites (tertiary alicyclic amines) is 1. The van der Waals surface area contributed by atoms with Gasteiger partial charge < -0.3 is 14.4 Å². The molecule has 1 aliphatic rings. The highest BCUT2D eigenvalue weighted by molar-refractivity contribution is 9.10. The molecule has 2 aromatic rings. The van der Waals surface area contributed by atoms with E-state index in [2.05, 4.69) is 15.9 Å². The molecule has 0 spiro atoms. The highest BCUT2D eigenvalue weighted by Crippen LogP contribution is 2.28. The lowest BCUT2D eigenvalue weighted by atomic mass is 10.2. The number of hydrogen-bond acceptors (Lipinski definition) is 3. The predicted molar refractivity (Wildman–Crippen MR) is 70.4 cm³/mol. The van der Waals surface area contributed by atoms with E-state index in [1.165, 1.54) is 0 Å². The van der Waals surface area contributed by atoms with Gasteiger partial charge in [0.1, 0.15) is 5.58 Å². The van der Waals surface area contributed by atoms with Crippen LogP contribution in [0.1, 0.15) is 17.0 Å². The first-order valence-corrected chi connectivity index (χ1v) is 6.60. The average molecular weight is 310 g/mol. The Morgan fingerprint density at radius 1 is 1.50 bits per heavy atom. The predicted octanol–water partition coefficient (Wildman–Crippen LogP) is 2.40. The number of β-amino-alcohol motifs (C(OH)–C–C–N with tert-alkyl or cyclic N) is 1. The van der Waals surface area contributed by atoms with Crippen molar-refractivity contribution in [3.05, 3.63) is 34.5 Å². The van der Waals surface area contributed by atoms with E-state index < -0.39 is 6.10 Å². The summed E-state index contributed by atoms with van der Waals surface area (Å²) in [4.78, 5) is 13.8. The third-order valence-corrected chi connectivity index (χ3v) is 3.78. The molecule has 0 saturated carbocycles. The topological polar surface area (TPSA) is 53.7 Å². The van der Waals surface area contributed by atoms with Gasteiger partial charge in [-0.1, -0.05) is 12.1 Å². The fourth-order valence-corrected chi connectivity index (χ4v) is 2.68. The third-order valence-electron chi connectivity index (χ3n) is 3.16. The summed E-state index contributed by atoms with van der Waals surface area (Å²) in [6, 6.07) is 7.42. The molecule has 1 saturated heterocycles. The van der Waals surface area contributed by atoms with E-state index in [1.807, 2.05) is 18.2 Å². The Morgan fingerprint density at radius 3 is 3.00 bits per heavy atom. The molecule has 4 nitrogen and oxygen atoms in total. The van der Waals surface area contributed by atoms with Gasteiger partial charge in [0.2, 0.25) is 0 Å². The Kier molecular flexibility index (Phi) is 2.87. The minimum Gasteiger partial charge on any atom is -0.450 e. The van der Waals surface area contributed by atoms with E-state index in [0.29, 0.717) is 30.9 Å². The van der Waals surface area contributed by atoms with Gasteiger partial charge in [0.25, 0.3) is 5.91 Å². The fourth-order valence-electron chi connectivity index (χ4n) is 2.22. The van der Waals surface area contributed by atoms with Crippen molar-refractivity contribution in [2.24, 2.45) is 0 Å². The molecular weight excluding hydrogens is 298 g/mol. The van der Waals surface area contributed by atoms with E-state index in [4.69, 9.17) is 4.42 Å². The van der Waals surface area contributed by atoms with E-state index in [1.54, 1.807) is 11.0 Å². The first kappa shape index (κ1) is 11.7. The number of aliphatic hydroxyl groups is 1. The monoisotopic (exact) mass is 309 g/mol. The molecule has 1 amide bonds. The summed E-state index contributed by atoms with van der Waals surface area (Å²) in [5.41, 5.74) is 0.681. The number of fused-ring (bicyclic) bond motifs is 1. The van der Waals surface area contributed by atoms with Crippen LogP contribution in [0.2, 0.25) is 0 Å². The number of aliphatic hydroxyl groups excluding tert-OH is 1. The Balaban J connectivity index is 1.95. The van der Waals surface area contributed by atoms with Gasteiger partial charge in [-0.3, -0.25) is 4.79 Å². The Bertz CT molecular complexity index is 607. The van der Waals surface area contributed by atoms with Gasteiger partial charge in [-0.05, 0) is 34.5 Å². The first-order chi connectivity index (χ1) is 8.65. The summed E-state index contributed by atoms with van der Waals surface area (Å²) in [6.45, 7) is 0.968. The lowest BCUT2D eigenvalue weighted by Crippen LogP contribution is -2.29. The zero-order valence-electron chi connectivity index (χ0n) is 9.60. The van der Waals surface area contributed by atoms with Crippen LogP contribution in [0, 0.1) is 0 Å². The Hall–Kier alpha value is -1.33. The van der Waals surface area contributed by atoms with Crippen molar-refractivity contribution in [1.82, 2.24) is 4.90 Å². The number of halogens is 1. The van der Waals surface area contributed by atoms with Crippen LogP contribution in [0.3, 0.4) is 0 Å². The van der Waals surface area contributed by atoms with Crippen molar-refractivity contribution in [3.63, 3.8) is 0 Å². The smallest absolute Gasteiger partial charge is 0.289 e. The summed E-state index contributed by atoms with van der Waals surface area (Å²) < 4.78 is 6.42. The van der Waals surface area contributed by atoms with Gasteiger partial charge >= 0.3 is 0 Å². The zero-order valence-corrected chi connectivity index (χ0v) is 11.2. The van der Waals surface area contributed by atoms with Crippen molar-refractivity contribution in [2.75, 3.05) is 13.1 Å². The fraction of sp³-hybridized carbons (Fsp3) is 0.308. The lowest BCUT2D eigenvalue weighted by molar-refractivity contribution is 0.0736. The number of benzene rings is 1. The van der Waals surface area contributed by atoms with Gasteiger partial charge in [-0.25, -0.2) is 0 Å². The SMILES string of the molecule is O=C(c1cc2cccc(Br)c2o1)N1CC[C@@H](O)C1. The van der Waals surface area contributed by atoms with Crippen LogP contribution in [0.25, 0.3) is 11.0 Å². The molecule has 1 aromatic heterocycles. The number of amides is 1. The molecule has 18 heavy (non-hydrogen) atoms. The molecule has 94 valence electrons.